The summed E-state index contributed by atoms with van der Waals surface area (Å²) in [4.78, 5) is 0. The largest absolute Gasteiger partial charge is 0.417 e. The van der Waals surface area contributed by atoms with Crippen LogP contribution in [0.3, 0.4) is 0 Å². The summed E-state index contributed by atoms with van der Waals surface area (Å²) in [6.45, 7) is 20.2. The van der Waals surface area contributed by atoms with Crippen molar-refractivity contribution in [3.63, 3.8) is 0 Å². The van der Waals surface area contributed by atoms with Gasteiger partial charge in [0.2, 0.25) is 0 Å². The lowest BCUT2D eigenvalue weighted by Crippen LogP contribution is -2.51. The van der Waals surface area contributed by atoms with Gasteiger partial charge in [-0.15, -0.1) is 0 Å². The van der Waals surface area contributed by atoms with E-state index >= 15 is 0 Å². The van der Waals surface area contributed by atoms with Gasteiger partial charge in [-0.2, -0.15) is 0 Å². The maximum atomic E-state index is 9.18. The summed E-state index contributed by atoms with van der Waals surface area (Å²) in [6.07, 6.45) is 2.75. The van der Waals surface area contributed by atoms with Gasteiger partial charge in [-0.05, 0) is 50.9 Å². The first-order valence-corrected chi connectivity index (χ1v) is 12.0. The van der Waals surface area contributed by atoms with Crippen LogP contribution in [0, 0.1) is 5.92 Å². The van der Waals surface area contributed by atoms with E-state index in [9.17, 15) is 5.11 Å². The molecule has 24 heavy (non-hydrogen) atoms. The Kier molecular flexibility index (Phi) is 7.28. The molecule has 5 heteroatoms. The van der Waals surface area contributed by atoms with Gasteiger partial charge in [0.25, 0.3) is 0 Å². The topological polar surface area (TPSA) is 47.9 Å². The van der Waals surface area contributed by atoms with Crippen molar-refractivity contribution in [2.24, 2.45) is 5.92 Å². The van der Waals surface area contributed by atoms with Gasteiger partial charge in [-0.3, -0.25) is 0 Å². The van der Waals surface area contributed by atoms with Gasteiger partial charge in [-0.1, -0.05) is 33.8 Å². The molecule has 1 aliphatic heterocycles. The zero-order valence-electron chi connectivity index (χ0n) is 17.1. The number of aliphatic hydroxyl groups excluding tert-OH is 1. The predicted octanol–water partition coefficient (Wildman–Crippen LogP) is 4.49. The molecule has 3 atom stereocenters. The molecular weight excluding hydrogens is 320 g/mol. The fourth-order valence-electron chi connectivity index (χ4n) is 2.84. The highest BCUT2D eigenvalue weighted by atomic mass is 28.4. The van der Waals surface area contributed by atoms with Gasteiger partial charge in [0.05, 0.1) is 18.8 Å². The highest BCUT2D eigenvalue weighted by molar-refractivity contribution is 6.74. The summed E-state index contributed by atoms with van der Waals surface area (Å²) in [7, 11) is -1.73. The van der Waals surface area contributed by atoms with Crippen LogP contribution in [0.25, 0.3) is 0 Å². The molecule has 0 amide bonds. The Morgan fingerprint density at radius 1 is 1.25 bits per heavy atom. The molecule has 1 saturated heterocycles. The van der Waals surface area contributed by atoms with Crippen LogP contribution in [0.4, 0.5) is 0 Å². The Labute approximate surface area is 149 Å². The van der Waals surface area contributed by atoms with Gasteiger partial charge in [0.15, 0.2) is 14.1 Å². The third kappa shape index (κ3) is 5.66. The zero-order valence-corrected chi connectivity index (χ0v) is 18.1. The lowest BCUT2D eigenvalue weighted by atomic mass is 9.89. The van der Waals surface area contributed by atoms with E-state index in [0.717, 1.165) is 18.6 Å². The quantitative estimate of drug-likeness (QED) is 0.561. The molecule has 1 aliphatic rings. The Hall–Kier alpha value is -0.203. The van der Waals surface area contributed by atoms with Gasteiger partial charge in [0, 0.05) is 12.5 Å². The van der Waals surface area contributed by atoms with E-state index in [4.69, 9.17) is 13.9 Å². The van der Waals surface area contributed by atoms with E-state index in [-0.39, 0.29) is 29.8 Å². The molecule has 0 aromatic rings. The van der Waals surface area contributed by atoms with E-state index < -0.39 is 14.1 Å². The molecule has 1 rings (SSSR count). The summed E-state index contributed by atoms with van der Waals surface area (Å²) < 4.78 is 18.6. The minimum Gasteiger partial charge on any atom is -0.417 e. The van der Waals surface area contributed by atoms with Crippen molar-refractivity contribution in [2.75, 3.05) is 13.2 Å². The summed E-state index contributed by atoms with van der Waals surface area (Å²) >= 11 is 0. The van der Waals surface area contributed by atoms with Gasteiger partial charge in [0.1, 0.15) is 0 Å². The molecule has 0 aliphatic carbocycles. The van der Waals surface area contributed by atoms with Crippen molar-refractivity contribution < 1.29 is 19.0 Å². The number of rotatable bonds is 6. The summed E-state index contributed by atoms with van der Waals surface area (Å²) in [5.74, 6) is -0.396. The second-order valence-corrected chi connectivity index (χ2v) is 13.8. The number of aliphatic hydroxyl groups is 1. The molecule has 4 nitrogen and oxygen atoms in total. The summed E-state index contributed by atoms with van der Waals surface area (Å²) in [5, 5.41) is 9.40. The molecule has 0 spiro atoms. The molecular formula is C19H38O4Si. The molecule has 0 aromatic heterocycles. The highest BCUT2D eigenvalue weighted by Crippen LogP contribution is 2.38. The minimum absolute atomic E-state index is 0.0289. The van der Waals surface area contributed by atoms with E-state index in [1.165, 1.54) is 0 Å². The normalized spacial score (nSPS) is 28.9. The van der Waals surface area contributed by atoms with Crippen molar-refractivity contribution in [3.8, 4) is 0 Å². The molecule has 0 saturated carbocycles. The lowest BCUT2D eigenvalue weighted by molar-refractivity contribution is -0.312. The Bertz CT molecular complexity index is 437. The number of hydrogen-bond acceptors (Lipinski definition) is 4. The molecule has 1 heterocycles. The van der Waals surface area contributed by atoms with E-state index in [1.807, 2.05) is 26.8 Å². The monoisotopic (exact) mass is 358 g/mol. The second-order valence-electron chi connectivity index (χ2n) is 8.98. The van der Waals surface area contributed by atoms with Crippen molar-refractivity contribution in [2.45, 2.75) is 91.0 Å². The fourth-order valence-corrected chi connectivity index (χ4v) is 3.91. The Balaban J connectivity index is 2.74. The third-order valence-corrected chi connectivity index (χ3v) is 9.98. The molecule has 0 bridgehead atoms. The average Bonchev–Trinajstić information content (AvgIpc) is 2.40. The second kappa shape index (κ2) is 8.00. The smallest absolute Gasteiger partial charge is 0.191 e. The van der Waals surface area contributed by atoms with Crippen LogP contribution < -0.4 is 0 Å². The SMILES string of the molecule is C/C(=C/CO)[C@@H]1OC(C)(C)O[C@@H](CCO[Si](C)(C)C(C)(C)C)[C@@H]1C. The summed E-state index contributed by atoms with van der Waals surface area (Å²) in [5.41, 5.74) is 1.07. The first-order valence-electron chi connectivity index (χ1n) is 9.08. The molecule has 142 valence electrons. The molecule has 0 radical (unpaired) electrons. The van der Waals surface area contributed by atoms with Crippen LogP contribution >= 0.6 is 0 Å². The van der Waals surface area contributed by atoms with Crippen LogP contribution in [0.5, 0.6) is 0 Å². The molecule has 0 unspecified atom stereocenters. The number of hydrogen-bond donors (Lipinski definition) is 1. The summed E-state index contributed by atoms with van der Waals surface area (Å²) in [6, 6.07) is 0. The van der Waals surface area contributed by atoms with E-state index in [2.05, 4.69) is 40.8 Å². The lowest BCUT2D eigenvalue weighted by Gasteiger charge is -2.46. The Morgan fingerprint density at radius 3 is 2.33 bits per heavy atom. The standard InChI is InChI=1S/C19H38O4Si/c1-14(10-12-20)17-15(2)16(22-19(6,7)23-17)11-13-21-24(8,9)18(3,4)5/h10,15-17,20H,11-13H2,1-9H3/b14-10-/t15-,16-,17-/m0/s1. The predicted molar refractivity (Wildman–Crippen MR) is 102 cm³/mol. The zero-order chi connectivity index (χ0) is 18.8. The van der Waals surface area contributed by atoms with E-state index in [0.29, 0.717) is 0 Å². The van der Waals surface area contributed by atoms with Crippen LogP contribution in [-0.4, -0.2) is 44.6 Å². The van der Waals surface area contributed by atoms with Crippen LogP contribution in [0.2, 0.25) is 18.1 Å². The first kappa shape index (κ1) is 21.8. The third-order valence-electron chi connectivity index (χ3n) is 5.44. The van der Waals surface area contributed by atoms with Crippen molar-refractivity contribution in [1.29, 1.82) is 0 Å². The maximum absolute atomic E-state index is 9.18. The average molecular weight is 359 g/mol. The van der Waals surface area contributed by atoms with Crippen LogP contribution in [0.1, 0.15) is 54.9 Å². The van der Waals surface area contributed by atoms with Crippen molar-refractivity contribution in [3.05, 3.63) is 11.6 Å². The van der Waals surface area contributed by atoms with Gasteiger partial charge < -0.3 is 19.0 Å². The minimum atomic E-state index is -1.73. The number of ether oxygens (including phenoxy) is 2. The van der Waals surface area contributed by atoms with Crippen LogP contribution in [0.15, 0.2) is 11.6 Å². The molecule has 1 fully saturated rings. The Morgan fingerprint density at radius 2 is 1.83 bits per heavy atom. The van der Waals surface area contributed by atoms with Crippen molar-refractivity contribution in [1.82, 2.24) is 0 Å². The van der Waals surface area contributed by atoms with Crippen LogP contribution in [-0.2, 0) is 13.9 Å². The maximum Gasteiger partial charge on any atom is 0.191 e. The first-order chi connectivity index (χ1) is 10.8. The molecule has 0 aromatic carbocycles. The molecule has 1 N–H and O–H groups in total. The fraction of sp³-hybridized carbons (Fsp3) is 0.895. The van der Waals surface area contributed by atoms with Gasteiger partial charge in [-0.25, -0.2) is 0 Å². The highest BCUT2D eigenvalue weighted by Gasteiger charge is 2.42. The van der Waals surface area contributed by atoms with Gasteiger partial charge >= 0.3 is 0 Å². The van der Waals surface area contributed by atoms with Crippen molar-refractivity contribution >= 4 is 8.32 Å². The van der Waals surface area contributed by atoms with E-state index in [1.54, 1.807) is 0 Å².